The molecule has 98 heavy (non-hydrogen) atoms. The first-order chi connectivity index (χ1) is 48.5. The fourth-order valence-corrected chi connectivity index (χ4v) is 15.5. The second-order valence-electron chi connectivity index (χ2n) is 24.6. The van der Waals surface area contributed by atoms with Gasteiger partial charge in [-0.15, -0.1) is 0 Å². The zero-order valence-corrected chi connectivity index (χ0v) is 52.1. The summed E-state index contributed by atoms with van der Waals surface area (Å²) in [5.74, 6) is 0. The van der Waals surface area contributed by atoms with Gasteiger partial charge in [-0.2, -0.15) is 10.5 Å². The summed E-state index contributed by atoms with van der Waals surface area (Å²) in [6, 6.07) is 103. The van der Waals surface area contributed by atoms with E-state index in [0.29, 0.717) is 22.5 Å². The van der Waals surface area contributed by atoms with Crippen LogP contribution in [0.4, 0.5) is 11.4 Å². The van der Waals surface area contributed by atoms with Crippen LogP contribution in [-0.4, -0.2) is 18.3 Å². The highest BCUT2D eigenvalue weighted by molar-refractivity contribution is 6.28. The Kier molecular flexibility index (Phi) is 12.3. The molecule has 0 radical (unpaired) electrons. The van der Waals surface area contributed by atoms with Gasteiger partial charge in [-0.25, -0.2) is 9.69 Å². The molecule has 0 spiro atoms. The second-order valence-corrected chi connectivity index (χ2v) is 24.6. The normalized spacial score (nSPS) is 11.6. The number of nitriles is 2. The molecule has 0 unspecified atom stereocenters. The van der Waals surface area contributed by atoms with Gasteiger partial charge in [0.05, 0.1) is 97.3 Å². The van der Waals surface area contributed by atoms with Gasteiger partial charge in [0.15, 0.2) is 5.69 Å². The molecule has 20 rings (SSSR count). The van der Waals surface area contributed by atoms with Crippen molar-refractivity contribution in [1.82, 2.24) is 18.3 Å². The molecule has 0 aliphatic carbocycles. The number of nitrogens with zero attached hydrogens (tertiary/aromatic N) is 8. The van der Waals surface area contributed by atoms with Crippen LogP contribution in [-0.2, 0) is 0 Å². The van der Waals surface area contributed by atoms with Crippen LogP contribution >= 0.6 is 0 Å². The van der Waals surface area contributed by atoms with Gasteiger partial charge in [0.25, 0.3) is 0 Å². The average molecular weight is 1250 g/mol. The summed E-state index contributed by atoms with van der Waals surface area (Å²) in [6.45, 7) is 16.6. The van der Waals surface area contributed by atoms with Crippen molar-refractivity contribution in [3.63, 3.8) is 0 Å². The van der Waals surface area contributed by atoms with Crippen molar-refractivity contribution < 1.29 is 8.83 Å². The lowest BCUT2D eigenvalue weighted by Crippen LogP contribution is -2.00. The van der Waals surface area contributed by atoms with Crippen LogP contribution in [0.25, 0.3) is 186 Å². The third-order valence-electron chi connectivity index (χ3n) is 19.6. The average Bonchev–Trinajstić information content (AvgIpc) is 1.57. The van der Waals surface area contributed by atoms with Crippen molar-refractivity contribution in [3.05, 3.63) is 325 Å². The summed E-state index contributed by atoms with van der Waals surface area (Å²) >= 11 is 0. The quantitative estimate of drug-likeness (QED) is 0.155. The Balaban J connectivity index is 0.000000137. The molecule has 0 aliphatic heterocycles. The van der Waals surface area contributed by atoms with Gasteiger partial charge < -0.3 is 27.1 Å². The summed E-state index contributed by atoms with van der Waals surface area (Å²) in [5, 5.41) is 33.9. The molecule has 14 aromatic carbocycles. The van der Waals surface area contributed by atoms with Crippen molar-refractivity contribution in [1.29, 1.82) is 10.5 Å². The Hall–Kier alpha value is -14.2. The lowest BCUT2D eigenvalue weighted by molar-refractivity contribution is 0.669. The number of rotatable bonds is 6. The molecule has 0 bridgehead atoms. The van der Waals surface area contributed by atoms with Crippen molar-refractivity contribution in [3.8, 4) is 57.1 Å². The van der Waals surface area contributed by atoms with E-state index in [1.807, 2.05) is 140 Å². The SMILES string of the molecule is N#Cc1ccc(-n2c3ccccc3c3c4c(ccc32)oc2ccccc24)c(-c2ccc(-n3c4ccccc4c4ccccc43)cc2C#N)c1.[C-]#[N+]c1cc(-c2c([N+]#[C-])cccc2-n2c3ccccc3c3c4oc5ccccc5c4ccc32)ccc1-n1c2ccccc2c2ccccc21. The van der Waals surface area contributed by atoms with E-state index in [1.165, 1.54) is 0 Å². The van der Waals surface area contributed by atoms with Crippen molar-refractivity contribution >= 4 is 142 Å². The molecule has 0 atom stereocenters. The summed E-state index contributed by atoms with van der Waals surface area (Å²) in [6.07, 6.45) is 0. The second kappa shape index (κ2) is 21.7. The standard InChI is InChI=1S/2C44H24N4O/c1-45-33-16-11-20-39(48-37-19-9-5-15-32(37)43-40(48)25-23-31-30-14-6-10-21-41(30)49-44(31)43)42(33)27-22-24-38(34(26-27)46-2)47-35-17-7-3-12-28(35)29-13-4-8-18-36(29)47;45-25-27-17-20-39(48-38-15-7-3-11-33(38)43-40(48)21-22-42-44(43)34-12-4-8-16-41(34)49-42)35(23-27)30-19-18-29(24-28(30)26-46)47-36-13-5-1-9-31(36)32-10-2-6-14-37(32)47/h3-26H;1-24H. The number of fused-ring (bicyclic) bond motifs is 20. The number of hydrogen-bond donors (Lipinski definition) is 0. The molecule has 0 N–H and O–H groups in total. The highest BCUT2D eigenvalue weighted by Gasteiger charge is 2.26. The Bertz CT molecular complexity index is 6910. The molecule has 0 fully saturated rings. The van der Waals surface area contributed by atoms with E-state index in [9.17, 15) is 10.5 Å². The van der Waals surface area contributed by atoms with Crippen LogP contribution in [0.1, 0.15) is 11.1 Å². The maximum Gasteiger partial charge on any atom is 0.211 e. The van der Waals surface area contributed by atoms with Gasteiger partial charge in [-0.1, -0.05) is 170 Å². The molecule has 0 saturated heterocycles. The van der Waals surface area contributed by atoms with Crippen LogP contribution < -0.4 is 0 Å². The molecular weight excluding hydrogens is 1200 g/mol. The first-order valence-corrected chi connectivity index (χ1v) is 32.2. The molecular formula is C88H48N8O2. The highest BCUT2D eigenvalue weighted by atomic mass is 16.3. The predicted molar refractivity (Wildman–Crippen MR) is 398 cm³/mol. The van der Waals surface area contributed by atoms with E-state index in [0.717, 1.165) is 176 Å². The van der Waals surface area contributed by atoms with Gasteiger partial charge in [-0.3, -0.25) is 0 Å². The number of para-hydroxylation sites is 8. The first kappa shape index (κ1) is 55.5. The minimum atomic E-state index is 0.515. The lowest BCUT2D eigenvalue weighted by atomic mass is 9.96. The molecule has 0 amide bonds. The lowest BCUT2D eigenvalue weighted by Gasteiger charge is -2.17. The summed E-state index contributed by atoms with van der Waals surface area (Å²) < 4.78 is 21.7. The van der Waals surface area contributed by atoms with Crippen LogP contribution in [0.3, 0.4) is 0 Å². The largest absolute Gasteiger partial charge is 0.456 e. The van der Waals surface area contributed by atoms with E-state index >= 15 is 0 Å². The predicted octanol–water partition coefficient (Wildman–Crippen LogP) is 23.7. The number of benzene rings is 14. The minimum absolute atomic E-state index is 0.515. The molecule has 0 saturated carbocycles. The van der Waals surface area contributed by atoms with E-state index in [4.69, 9.17) is 22.0 Å². The smallest absolute Gasteiger partial charge is 0.211 e. The van der Waals surface area contributed by atoms with Gasteiger partial charge in [0.1, 0.15) is 22.3 Å². The van der Waals surface area contributed by atoms with Gasteiger partial charge in [0, 0.05) is 87.3 Å². The third-order valence-corrected chi connectivity index (χ3v) is 19.6. The zero-order chi connectivity index (χ0) is 65.3. The molecule has 10 heteroatoms. The minimum Gasteiger partial charge on any atom is -0.456 e. The van der Waals surface area contributed by atoms with Gasteiger partial charge in [0.2, 0.25) is 5.69 Å². The topological polar surface area (TPSA) is 102 Å². The Morgan fingerprint density at radius 1 is 0.306 bits per heavy atom. The molecule has 6 heterocycles. The van der Waals surface area contributed by atoms with E-state index in [1.54, 1.807) is 0 Å². The first-order valence-electron chi connectivity index (χ1n) is 32.2. The van der Waals surface area contributed by atoms with Crippen molar-refractivity contribution in [2.24, 2.45) is 0 Å². The van der Waals surface area contributed by atoms with E-state index in [-0.39, 0.29) is 0 Å². The number of hydrogen-bond acceptors (Lipinski definition) is 4. The fourth-order valence-electron chi connectivity index (χ4n) is 15.5. The molecule has 452 valence electrons. The highest BCUT2D eigenvalue weighted by Crippen LogP contribution is 2.48. The summed E-state index contributed by atoms with van der Waals surface area (Å²) in [7, 11) is 0. The van der Waals surface area contributed by atoms with Crippen molar-refractivity contribution in [2.75, 3.05) is 0 Å². The van der Waals surface area contributed by atoms with Crippen LogP contribution in [0.15, 0.2) is 300 Å². The van der Waals surface area contributed by atoms with Crippen LogP contribution in [0.2, 0.25) is 0 Å². The van der Waals surface area contributed by atoms with E-state index < -0.39 is 0 Å². The molecule has 10 nitrogen and oxygen atoms in total. The summed E-state index contributed by atoms with van der Waals surface area (Å²) in [5.41, 5.74) is 20.4. The summed E-state index contributed by atoms with van der Waals surface area (Å²) in [4.78, 5) is 8.06. The number of furan rings is 2. The molecule has 0 aliphatic rings. The van der Waals surface area contributed by atoms with Crippen LogP contribution in [0.5, 0.6) is 0 Å². The Morgan fingerprint density at radius 2 is 0.816 bits per heavy atom. The maximum atomic E-state index is 10.7. The fraction of sp³-hybridized carbons (Fsp3) is 0. The van der Waals surface area contributed by atoms with Crippen LogP contribution in [0, 0.1) is 35.8 Å². The van der Waals surface area contributed by atoms with Crippen molar-refractivity contribution in [2.45, 2.75) is 0 Å². The maximum absolute atomic E-state index is 10.7. The number of aromatic nitrogens is 4. The van der Waals surface area contributed by atoms with Gasteiger partial charge in [-0.05, 0) is 127 Å². The van der Waals surface area contributed by atoms with E-state index in [2.05, 4.69) is 192 Å². The molecule has 20 aromatic rings. The van der Waals surface area contributed by atoms with Gasteiger partial charge >= 0.3 is 0 Å². The Morgan fingerprint density at radius 3 is 1.44 bits per heavy atom. The third kappa shape index (κ3) is 8.11. The Labute approximate surface area is 559 Å². The zero-order valence-electron chi connectivity index (χ0n) is 52.1. The monoisotopic (exact) mass is 1250 g/mol. The molecule has 6 aromatic heterocycles.